The third-order valence-electron chi connectivity index (χ3n) is 9.39. The normalized spacial score (nSPS) is 37.7. The highest BCUT2D eigenvalue weighted by Crippen LogP contribution is 2.32. The maximum atomic E-state index is 12.8. The van der Waals surface area contributed by atoms with Gasteiger partial charge >= 0.3 is 5.97 Å². The molecule has 3 heterocycles. The van der Waals surface area contributed by atoms with Crippen LogP contribution in [-0.2, 0) is 43.1 Å². The number of aliphatic hydroxyl groups excluding tert-OH is 4. The Morgan fingerprint density at radius 1 is 0.653 bits per heavy atom. The Morgan fingerprint density at radius 3 is 1.84 bits per heavy atom. The van der Waals surface area contributed by atoms with Gasteiger partial charge in [0.05, 0.1) is 18.3 Å². The number of ketones is 2. The molecule has 0 aromatic carbocycles. The summed E-state index contributed by atoms with van der Waals surface area (Å²) in [6, 6.07) is 0. The van der Waals surface area contributed by atoms with Gasteiger partial charge in [0.2, 0.25) is 6.29 Å². The average molecular weight is 701 g/mol. The van der Waals surface area contributed by atoms with E-state index >= 15 is 0 Å². The van der Waals surface area contributed by atoms with Gasteiger partial charge in [0.25, 0.3) is 0 Å². The van der Waals surface area contributed by atoms with E-state index in [4.69, 9.17) is 28.7 Å². The van der Waals surface area contributed by atoms with Crippen LogP contribution in [0.2, 0.25) is 0 Å². The molecule has 3 rings (SSSR count). The van der Waals surface area contributed by atoms with Gasteiger partial charge in [0, 0.05) is 19.3 Å². The van der Waals surface area contributed by atoms with Gasteiger partial charge in [-0.3, -0.25) is 4.79 Å². The van der Waals surface area contributed by atoms with Crippen molar-refractivity contribution < 1.29 is 63.5 Å². The molecule has 0 amide bonds. The standard InChI is InChI=1S/C36H60O13/c1-23(37)19-21-26-29(40)31(42)34-36(46-26)44-25(3)17-15-13-11-9-7-5-4-6-8-10-12-14-16-18-28(39)47-33-30(41)27(22-20-24(2)38)45-35(32(33)43)49-48-34/h4-5,25-27,29-36,40-43H,6-22H2,1-3H3/b5-4-/t25-,26?,27?,29+,30+,31?,32-,33?,34-,35?,36?/m0/s1. The van der Waals surface area contributed by atoms with Gasteiger partial charge in [0.15, 0.2) is 18.5 Å². The molecule has 0 radical (unpaired) electrons. The smallest absolute Gasteiger partial charge is 0.306 e. The second-order valence-corrected chi connectivity index (χ2v) is 13.9. The number of fused-ring (bicyclic) bond motifs is 3. The van der Waals surface area contributed by atoms with Crippen LogP contribution in [0.1, 0.15) is 130 Å². The number of carbonyl (C=O) groups is 3. The number of aliphatic hydroxyl groups is 4. The third-order valence-corrected chi connectivity index (χ3v) is 9.39. The predicted molar refractivity (Wildman–Crippen MR) is 177 cm³/mol. The Bertz CT molecular complexity index is 1020. The van der Waals surface area contributed by atoms with Crippen molar-refractivity contribution in [3.63, 3.8) is 0 Å². The molecular weight excluding hydrogens is 640 g/mol. The number of Topliss-reactive ketones (excluding diaryl/α,β-unsaturated/α-hetero) is 2. The second-order valence-electron chi connectivity index (χ2n) is 13.9. The fraction of sp³-hybridized carbons (Fsp3) is 0.861. The molecule has 49 heavy (non-hydrogen) atoms. The maximum Gasteiger partial charge on any atom is 0.306 e. The molecule has 6 unspecified atom stereocenters. The molecule has 3 aliphatic rings. The largest absolute Gasteiger partial charge is 0.456 e. The van der Waals surface area contributed by atoms with E-state index in [1.807, 2.05) is 6.92 Å². The summed E-state index contributed by atoms with van der Waals surface area (Å²) in [6.45, 7) is 4.69. The molecule has 0 aliphatic carbocycles. The zero-order chi connectivity index (χ0) is 35.8. The highest BCUT2D eigenvalue weighted by molar-refractivity contribution is 5.75. The van der Waals surface area contributed by atoms with Gasteiger partial charge in [-0.05, 0) is 72.1 Å². The van der Waals surface area contributed by atoms with Gasteiger partial charge < -0.3 is 49.0 Å². The lowest BCUT2D eigenvalue weighted by Crippen LogP contribution is -2.62. The molecule has 13 nitrogen and oxygen atoms in total. The number of hydrogen-bond acceptors (Lipinski definition) is 13. The molecular formula is C36H60O13. The van der Waals surface area contributed by atoms with Crippen LogP contribution in [-0.4, -0.2) is 105 Å². The van der Waals surface area contributed by atoms with E-state index in [0.717, 1.165) is 64.2 Å². The van der Waals surface area contributed by atoms with E-state index in [1.54, 1.807) is 0 Å². The number of ether oxygens (including phenoxy) is 4. The van der Waals surface area contributed by atoms with Crippen LogP contribution < -0.4 is 0 Å². The highest BCUT2D eigenvalue weighted by atomic mass is 17.2. The Balaban J connectivity index is 1.78. The molecule has 0 aromatic heterocycles. The number of allylic oxidation sites excluding steroid dienone is 2. The monoisotopic (exact) mass is 700 g/mol. The number of rotatable bonds is 6. The van der Waals surface area contributed by atoms with Crippen molar-refractivity contribution in [2.45, 2.75) is 197 Å². The predicted octanol–water partition coefficient (Wildman–Crippen LogP) is 3.89. The van der Waals surface area contributed by atoms with Crippen LogP contribution in [0.5, 0.6) is 0 Å². The minimum atomic E-state index is -1.70. The van der Waals surface area contributed by atoms with Crippen LogP contribution in [0, 0.1) is 0 Å². The Kier molecular flexibility index (Phi) is 18.8. The zero-order valence-electron chi connectivity index (χ0n) is 29.5. The van der Waals surface area contributed by atoms with Crippen molar-refractivity contribution in [1.29, 1.82) is 0 Å². The first kappa shape index (κ1) is 41.6. The summed E-state index contributed by atoms with van der Waals surface area (Å²) >= 11 is 0. The Morgan fingerprint density at radius 2 is 1.20 bits per heavy atom. The molecule has 2 saturated heterocycles. The van der Waals surface area contributed by atoms with Crippen molar-refractivity contribution in [3.8, 4) is 0 Å². The topological polar surface area (TPSA) is 188 Å². The first-order valence-electron chi connectivity index (χ1n) is 18.3. The molecule has 2 bridgehead atoms. The number of esters is 1. The number of hydrogen-bond donors (Lipinski definition) is 4. The van der Waals surface area contributed by atoms with Crippen molar-refractivity contribution >= 4 is 17.5 Å². The lowest BCUT2D eigenvalue weighted by molar-refractivity contribution is -0.472. The lowest BCUT2D eigenvalue weighted by atomic mass is 9.95. The quantitative estimate of drug-likeness (QED) is 0.178. The van der Waals surface area contributed by atoms with Crippen LogP contribution >= 0.6 is 0 Å². The van der Waals surface area contributed by atoms with Gasteiger partial charge in [-0.15, -0.1) is 0 Å². The van der Waals surface area contributed by atoms with Crippen LogP contribution in [0.4, 0.5) is 0 Å². The number of carbonyl (C=O) groups excluding carboxylic acids is 3. The van der Waals surface area contributed by atoms with Gasteiger partial charge in [-0.1, -0.05) is 50.7 Å². The van der Waals surface area contributed by atoms with Crippen LogP contribution in [0.3, 0.4) is 0 Å². The summed E-state index contributed by atoms with van der Waals surface area (Å²) in [5.74, 6) is -0.850. The van der Waals surface area contributed by atoms with E-state index in [9.17, 15) is 34.8 Å². The Hall–Kier alpha value is -1.81. The summed E-state index contributed by atoms with van der Waals surface area (Å²) in [5, 5.41) is 44.2. The molecule has 282 valence electrons. The molecule has 2 fully saturated rings. The fourth-order valence-electron chi connectivity index (χ4n) is 6.38. The Labute approximate surface area is 290 Å². The fourth-order valence-corrected chi connectivity index (χ4v) is 6.38. The van der Waals surface area contributed by atoms with Crippen LogP contribution in [0.15, 0.2) is 12.2 Å². The summed E-state index contributed by atoms with van der Waals surface area (Å²) < 4.78 is 23.6. The average Bonchev–Trinajstić information content (AvgIpc) is 3.05. The molecule has 11 atom stereocenters. The molecule has 13 heteroatoms. The zero-order valence-corrected chi connectivity index (χ0v) is 29.5. The molecule has 0 aromatic rings. The minimum Gasteiger partial charge on any atom is -0.456 e. The van der Waals surface area contributed by atoms with E-state index in [1.165, 1.54) is 13.8 Å². The van der Waals surface area contributed by atoms with E-state index in [-0.39, 0.29) is 49.8 Å². The summed E-state index contributed by atoms with van der Waals surface area (Å²) in [4.78, 5) is 47.3. The third kappa shape index (κ3) is 14.4. The minimum absolute atomic E-state index is 0.0542. The molecule has 0 spiro atoms. The molecule has 4 N–H and O–H groups in total. The van der Waals surface area contributed by atoms with Crippen LogP contribution in [0.25, 0.3) is 0 Å². The van der Waals surface area contributed by atoms with Gasteiger partial charge in [0.1, 0.15) is 36.0 Å². The highest BCUT2D eigenvalue weighted by Gasteiger charge is 2.51. The van der Waals surface area contributed by atoms with E-state index < -0.39 is 67.4 Å². The van der Waals surface area contributed by atoms with E-state index in [0.29, 0.717) is 12.8 Å². The van der Waals surface area contributed by atoms with Crippen molar-refractivity contribution in [3.05, 3.63) is 12.2 Å². The van der Waals surface area contributed by atoms with E-state index in [2.05, 4.69) is 12.2 Å². The van der Waals surface area contributed by atoms with Gasteiger partial charge in [-0.25, -0.2) is 9.78 Å². The molecule has 0 saturated carbocycles. The lowest BCUT2D eigenvalue weighted by Gasteiger charge is -2.44. The first-order chi connectivity index (χ1) is 23.5. The second kappa shape index (κ2) is 22.2. The summed E-state index contributed by atoms with van der Waals surface area (Å²) in [5.41, 5.74) is 0. The van der Waals surface area contributed by atoms with Crippen molar-refractivity contribution in [1.82, 2.24) is 0 Å². The SMILES string of the molecule is CC(=O)CCC1OC2OO[C@@H]3C(OC(CCC(C)=O)[C@@H](O)C3O)O[C@@H](C)CCCCCC/C=C\CCCCCCCC(=O)OC([C@@H]1O)[C@@H]2O. The maximum absolute atomic E-state index is 12.8. The summed E-state index contributed by atoms with van der Waals surface area (Å²) in [6.07, 6.45) is 2.26. The summed E-state index contributed by atoms with van der Waals surface area (Å²) in [7, 11) is 0. The van der Waals surface area contributed by atoms with Crippen molar-refractivity contribution in [2.24, 2.45) is 0 Å². The van der Waals surface area contributed by atoms with Gasteiger partial charge in [-0.2, -0.15) is 0 Å². The van der Waals surface area contributed by atoms with Crippen molar-refractivity contribution in [2.75, 3.05) is 0 Å². The molecule has 3 aliphatic heterocycles. The first-order valence-corrected chi connectivity index (χ1v) is 18.3.